The molecule has 1 aliphatic carbocycles. The minimum Gasteiger partial charge on any atom is -0.338 e. The molecular weight excluding hydrogens is 317 g/mol. The summed E-state index contributed by atoms with van der Waals surface area (Å²) in [5, 5.41) is 0. The van der Waals surface area contributed by atoms with Crippen molar-refractivity contribution in [1.29, 1.82) is 0 Å². The number of hydrogen-bond acceptors (Lipinski definition) is 2. The van der Waals surface area contributed by atoms with Crippen LogP contribution < -0.4 is 0 Å². The van der Waals surface area contributed by atoms with Crippen molar-refractivity contribution >= 4 is 5.91 Å². The van der Waals surface area contributed by atoms with Crippen molar-refractivity contribution in [2.24, 2.45) is 11.8 Å². The van der Waals surface area contributed by atoms with Crippen LogP contribution in [0.3, 0.4) is 0 Å². The standard InChI is InChI=1S/C18H23F3N2O/c1-11(2)13-4-3-7-23(10-13)17(24)14-8-15(12-5-6-12)22-16(9-14)18(19,20)21/h8-9,11-13H,3-7,10H2,1-2H3. The number of carbonyl (C=O) groups is 1. The fourth-order valence-corrected chi connectivity index (χ4v) is 3.33. The van der Waals surface area contributed by atoms with Gasteiger partial charge in [-0.3, -0.25) is 4.79 Å². The van der Waals surface area contributed by atoms with Gasteiger partial charge < -0.3 is 4.90 Å². The molecule has 6 heteroatoms. The van der Waals surface area contributed by atoms with Gasteiger partial charge in [0.2, 0.25) is 0 Å². The van der Waals surface area contributed by atoms with Crippen LogP contribution in [0.1, 0.15) is 67.2 Å². The number of halogens is 3. The average Bonchev–Trinajstić information content (AvgIpc) is 3.38. The van der Waals surface area contributed by atoms with Gasteiger partial charge in [0.1, 0.15) is 5.69 Å². The number of aromatic nitrogens is 1. The monoisotopic (exact) mass is 340 g/mol. The highest BCUT2D eigenvalue weighted by Crippen LogP contribution is 2.41. The summed E-state index contributed by atoms with van der Waals surface area (Å²) in [6.07, 6.45) is -0.856. The highest BCUT2D eigenvalue weighted by atomic mass is 19.4. The zero-order chi connectivity index (χ0) is 17.5. The number of carbonyl (C=O) groups excluding carboxylic acids is 1. The number of rotatable bonds is 3. The van der Waals surface area contributed by atoms with Crippen molar-refractivity contribution in [2.75, 3.05) is 13.1 Å². The second kappa shape index (κ2) is 6.37. The number of amides is 1. The molecule has 1 amide bonds. The summed E-state index contributed by atoms with van der Waals surface area (Å²) in [7, 11) is 0. The van der Waals surface area contributed by atoms with E-state index in [0.29, 0.717) is 30.6 Å². The first kappa shape index (κ1) is 17.2. The van der Waals surface area contributed by atoms with Crippen LogP contribution in [0.25, 0.3) is 0 Å². The summed E-state index contributed by atoms with van der Waals surface area (Å²) in [5.41, 5.74) is -0.415. The van der Waals surface area contributed by atoms with Crippen LogP contribution in [0.15, 0.2) is 12.1 Å². The molecule has 2 aliphatic rings. The fourth-order valence-electron chi connectivity index (χ4n) is 3.33. The SMILES string of the molecule is CC(C)C1CCCN(C(=O)c2cc(C3CC3)nc(C(F)(F)F)c2)C1. The summed E-state index contributed by atoms with van der Waals surface area (Å²) in [6, 6.07) is 2.47. The zero-order valence-corrected chi connectivity index (χ0v) is 14.1. The van der Waals surface area contributed by atoms with Gasteiger partial charge in [0.25, 0.3) is 5.91 Å². The number of alkyl halides is 3. The Labute approximate surface area is 140 Å². The van der Waals surface area contributed by atoms with E-state index in [4.69, 9.17) is 0 Å². The lowest BCUT2D eigenvalue weighted by molar-refractivity contribution is -0.141. The van der Waals surface area contributed by atoms with Gasteiger partial charge in [-0.05, 0) is 49.7 Å². The van der Waals surface area contributed by atoms with E-state index in [1.807, 2.05) is 0 Å². The van der Waals surface area contributed by atoms with Crippen molar-refractivity contribution in [3.8, 4) is 0 Å². The van der Waals surface area contributed by atoms with Gasteiger partial charge in [-0.15, -0.1) is 0 Å². The minimum atomic E-state index is -4.53. The third-order valence-electron chi connectivity index (χ3n) is 5.07. The van der Waals surface area contributed by atoms with E-state index < -0.39 is 11.9 Å². The van der Waals surface area contributed by atoms with E-state index in [1.54, 1.807) is 11.0 Å². The smallest absolute Gasteiger partial charge is 0.338 e. The lowest BCUT2D eigenvalue weighted by atomic mass is 9.87. The molecule has 1 saturated carbocycles. The first-order valence-corrected chi connectivity index (χ1v) is 8.64. The molecule has 1 saturated heterocycles. The van der Waals surface area contributed by atoms with Crippen LogP contribution >= 0.6 is 0 Å². The van der Waals surface area contributed by atoms with Gasteiger partial charge in [-0.2, -0.15) is 13.2 Å². The molecule has 1 aliphatic heterocycles. The van der Waals surface area contributed by atoms with Gasteiger partial charge in [0.15, 0.2) is 0 Å². The molecule has 3 nitrogen and oxygen atoms in total. The summed E-state index contributed by atoms with van der Waals surface area (Å²) in [4.78, 5) is 18.2. The third kappa shape index (κ3) is 3.73. The lowest BCUT2D eigenvalue weighted by Crippen LogP contribution is -2.41. The van der Waals surface area contributed by atoms with E-state index >= 15 is 0 Å². The predicted molar refractivity (Wildman–Crippen MR) is 84.7 cm³/mol. The molecule has 0 radical (unpaired) electrons. The Morgan fingerprint density at radius 2 is 1.96 bits per heavy atom. The zero-order valence-electron chi connectivity index (χ0n) is 14.1. The Morgan fingerprint density at radius 3 is 2.54 bits per heavy atom. The quantitative estimate of drug-likeness (QED) is 0.812. The van der Waals surface area contributed by atoms with Crippen LogP contribution in [0, 0.1) is 11.8 Å². The molecule has 1 unspecified atom stereocenters. The molecule has 1 aromatic heterocycles. The second-order valence-corrected chi connectivity index (χ2v) is 7.34. The number of pyridine rings is 1. The summed E-state index contributed by atoms with van der Waals surface area (Å²) in [5.74, 6) is 0.652. The molecule has 0 aromatic carbocycles. The first-order chi connectivity index (χ1) is 11.3. The first-order valence-electron chi connectivity index (χ1n) is 8.64. The molecular formula is C18H23F3N2O. The van der Waals surface area contributed by atoms with Gasteiger partial charge in [-0.25, -0.2) is 4.98 Å². The van der Waals surface area contributed by atoms with Crippen molar-refractivity contribution in [3.63, 3.8) is 0 Å². The average molecular weight is 340 g/mol. The van der Waals surface area contributed by atoms with Crippen LogP contribution in [-0.2, 0) is 6.18 Å². The Morgan fingerprint density at radius 1 is 1.25 bits per heavy atom. The van der Waals surface area contributed by atoms with Gasteiger partial charge in [-0.1, -0.05) is 13.8 Å². The normalized spacial score (nSPS) is 22.1. The molecule has 0 N–H and O–H groups in total. The van der Waals surface area contributed by atoms with E-state index in [-0.39, 0.29) is 17.4 Å². The van der Waals surface area contributed by atoms with Crippen molar-refractivity contribution in [1.82, 2.24) is 9.88 Å². The van der Waals surface area contributed by atoms with E-state index in [9.17, 15) is 18.0 Å². The summed E-state index contributed by atoms with van der Waals surface area (Å²) < 4.78 is 39.4. The Balaban J connectivity index is 1.87. The molecule has 1 atom stereocenters. The largest absolute Gasteiger partial charge is 0.433 e. The molecule has 2 heterocycles. The van der Waals surface area contributed by atoms with Gasteiger partial charge in [0.05, 0.1) is 0 Å². The van der Waals surface area contributed by atoms with E-state index in [0.717, 1.165) is 31.7 Å². The van der Waals surface area contributed by atoms with Crippen molar-refractivity contribution in [3.05, 3.63) is 29.1 Å². The molecule has 2 fully saturated rings. The topological polar surface area (TPSA) is 33.2 Å². The van der Waals surface area contributed by atoms with Crippen LogP contribution in [0.5, 0.6) is 0 Å². The third-order valence-corrected chi connectivity index (χ3v) is 5.07. The van der Waals surface area contributed by atoms with Crippen LogP contribution in [0.2, 0.25) is 0 Å². The minimum absolute atomic E-state index is 0.0728. The second-order valence-electron chi connectivity index (χ2n) is 7.34. The van der Waals surface area contributed by atoms with Crippen LogP contribution in [-0.4, -0.2) is 28.9 Å². The van der Waals surface area contributed by atoms with E-state index in [1.165, 1.54) is 0 Å². The maximum absolute atomic E-state index is 13.1. The summed E-state index contributed by atoms with van der Waals surface area (Å²) in [6.45, 7) is 5.49. The Bertz CT molecular complexity index is 623. The Kier molecular flexibility index (Phi) is 4.58. The molecule has 0 bridgehead atoms. The highest BCUT2D eigenvalue weighted by molar-refractivity contribution is 5.94. The van der Waals surface area contributed by atoms with Crippen molar-refractivity contribution in [2.45, 2.75) is 51.6 Å². The fraction of sp³-hybridized carbons (Fsp3) is 0.667. The van der Waals surface area contributed by atoms with Crippen LogP contribution in [0.4, 0.5) is 13.2 Å². The molecule has 0 spiro atoms. The number of piperidine rings is 1. The number of hydrogen-bond donors (Lipinski definition) is 0. The molecule has 24 heavy (non-hydrogen) atoms. The molecule has 1 aromatic rings. The molecule has 3 rings (SSSR count). The number of likely N-dealkylation sites (tertiary alicyclic amines) is 1. The predicted octanol–water partition coefficient (Wildman–Crippen LogP) is 4.49. The maximum atomic E-state index is 13.1. The number of nitrogens with zero attached hydrogens (tertiary/aromatic N) is 2. The van der Waals surface area contributed by atoms with Gasteiger partial charge in [0, 0.05) is 30.3 Å². The summed E-state index contributed by atoms with van der Waals surface area (Å²) >= 11 is 0. The maximum Gasteiger partial charge on any atom is 0.433 e. The Hall–Kier alpha value is -1.59. The lowest BCUT2D eigenvalue weighted by Gasteiger charge is -2.35. The van der Waals surface area contributed by atoms with Crippen molar-refractivity contribution < 1.29 is 18.0 Å². The van der Waals surface area contributed by atoms with E-state index in [2.05, 4.69) is 18.8 Å². The highest BCUT2D eigenvalue weighted by Gasteiger charge is 2.37. The molecule has 132 valence electrons. The van der Waals surface area contributed by atoms with Gasteiger partial charge >= 0.3 is 6.18 Å².